The number of carbonyl (C=O) groups is 4. The Morgan fingerprint density at radius 3 is 2.28 bits per heavy atom. The van der Waals surface area contributed by atoms with Crippen molar-refractivity contribution in [1.29, 1.82) is 0 Å². The van der Waals surface area contributed by atoms with Crippen LogP contribution in [-0.4, -0.2) is 53.1 Å². The molecule has 0 unspecified atom stereocenters. The van der Waals surface area contributed by atoms with E-state index in [0.29, 0.717) is 64.1 Å². The summed E-state index contributed by atoms with van der Waals surface area (Å²) >= 11 is 1.35. The van der Waals surface area contributed by atoms with Crippen LogP contribution in [0.2, 0.25) is 0 Å². The van der Waals surface area contributed by atoms with Gasteiger partial charge in [-0.3, -0.25) is 19.2 Å². The minimum atomic E-state index is -0.871. The van der Waals surface area contributed by atoms with E-state index in [1.807, 2.05) is 48.5 Å². The van der Waals surface area contributed by atoms with E-state index >= 15 is 0 Å². The number of nitrogens with one attached hydrogen (secondary N) is 2. The second kappa shape index (κ2) is 14.1. The standard InChI is InChI=1S/C41H34N2O6S/c1-49-36(45)22-32-33(23-50-41(32)26-13-9-14-28(44)19-26)38(46)31-21-35-27(20-34(43-35)24-10-3-2-4-11-24)18-25(31)12-7-8-17-42-37-39(47)29-15-5-6-16-30(29)40(37)48/h2-6,9-11,13-16,18-21,23,37,42-44H,7-8,12,17,22H2,1H3. The number of methoxy groups -OCH3 is 1. The largest absolute Gasteiger partial charge is 0.508 e. The Bertz CT molecular complexity index is 2230. The number of aryl methyl sites for hydroxylation is 1. The predicted molar refractivity (Wildman–Crippen MR) is 194 cm³/mol. The van der Waals surface area contributed by atoms with Gasteiger partial charge in [-0.25, -0.2) is 0 Å². The van der Waals surface area contributed by atoms with E-state index in [0.717, 1.165) is 27.7 Å². The van der Waals surface area contributed by atoms with E-state index in [9.17, 15) is 24.3 Å². The molecular weight excluding hydrogens is 649 g/mol. The number of phenols is 1. The van der Waals surface area contributed by atoms with Crippen LogP contribution in [0.3, 0.4) is 0 Å². The van der Waals surface area contributed by atoms with Crippen molar-refractivity contribution in [2.45, 2.75) is 31.7 Å². The number of hydrogen-bond donors (Lipinski definition) is 3. The number of hydrogen-bond acceptors (Lipinski definition) is 8. The van der Waals surface area contributed by atoms with Gasteiger partial charge in [-0.05, 0) is 78.4 Å². The first-order valence-corrected chi connectivity index (χ1v) is 17.3. The normalized spacial score (nSPS) is 12.8. The molecular formula is C41H34N2O6S. The highest BCUT2D eigenvalue weighted by molar-refractivity contribution is 7.14. The van der Waals surface area contributed by atoms with Crippen LogP contribution >= 0.6 is 11.3 Å². The fraction of sp³-hybridized carbons (Fsp3) is 0.171. The summed E-state index contributed by atoms with van der Waals surface area (Å²) in [5.74, 6) is -0.996. The van der Waals surface area contributed by atoms with Crippen LogP contribution < -0.4 is 5.32 Å². The summed E-state index contributed by atoms with van der Waals surface area (Å²) in [5, 5.41) is 16.1. The van der Waals surface area contributed by atoms with Crippen molar-refractivity contribution in [3.05, 3.63) is 136 Å². The molecule has 0 amide bonds. The van der Waals surface area contributed by atoms with E-state index < -0.39 is 12.0 Å². The summed E-state index contributed by atoms with van der Waals surface area (Å²) in [6.07, 6.45) is 1.85. The molecule has 7 rings (SSSR count). The lowest BCUT2D eigenvalue weighted by atomic mass is 9.91. The van der Waals surface area contributed by atoms with Crippen LogP contribution in [0.4, 0.5) is 0 Å². The van der Waals surface area contributed by atoms with E-state index in [-0.39, 0.29) is 29.5 Å². The number of carbonyl (C=O) groups excluding carboxylic acids is 4. The first-order chi connectivity index (χ1) is 24.3. The molecule has 0 atom stereocenters. The number of ether oxygens (including phenoxy) is 1. The highest BCUT2D eigenvalue weighted by atomic mass is 32.1. The highest BCUT2D eigenvalue weighted by Crippen LogP contribution is 2.37. The first kappa shape index (κ1) is 32.9. The molecule has 2 heterocycles. The van der Waals surface area contributed by atoms with Crippen molar-refractivity contribution >= 4 is 45.6 Å². The molecule has 1 aliphatic carbocycles. The molecule has 0 bridgehead atoms. The number of aromatic amines is 1. The summed E-state index contributed by atoms with van der Waals surface area (Å²) in [7, 11) is 1.32. The van der Waals surface area contributed by atoms with Crippen LogP contribution in [0.25, 0.3) is 32.6 Å². The second-order valence-electron chi connectivity index (χ2n) is 12.4. The van der Waals surface area contributed by atoms with Gasteiger partial charge in [-0.1, -0.05) is 66.7 Å². The molecule has 0 fully saturated rings. The Morgan fingerprint density at radius 1 is 0.840 bits per heavy atom. The van der Waals surface area contributed by atoms with Gasteiger partial charge in [0.2, 0.25) is 0 Å². The monoisotopic (exact) mass is 682 g/mol. The summed E-state index contributed by atoms with van der Waals surface area (Å²) in [5.41, 5.74) is 6.73. The molecule has 8 nitrogen and oxygen atoms in total. The quantitative estimate of drug-likeness (QED) is 0.0526. The molecule has 9 heteroatoms. The van der Waals surface area contributed by atoms with Gasteiger partial charge in [-0.2, -0.15) is 0 Å². The van der Waals surface area contributed by atoms with Crippen LogP contribution in [0.15, 0.2) is 102 Å². The summed E-state index contributed by atoms with van der Waals surface area (Å²) in [4.78, 5) is 57.0. The van der Waals surface area contributed by atoms with Crippen LogP contribution in [0, 0.1) is 0 Å². The van der Waals surface area contributed by atoms with Crippen LogP contribution in [-0.2, 0) is 22.4 Å². The number of Topliss-reactive ketones (excluding diaryl/α,β-unsaturated/α-hetero) is 2. The maximum Gasteiger partial charge on any atom is 0.310 e. The number of H-pyrrole nitrogens is 1. The smallest absolute Gasteiger partial charge is 0.310 e. The van der Waals surface area contributed by atoms with E-state index in [1.54, 1.807) is 47.8 Å². The van der Waals surface area contributed by atoms with Crippen LogP contribution in [0.1, 0.15) is 60.6 Å². The Labute approximate surface area is 292 Å². The molecule has 50 heavy (non-hydrogen) atoms. The number of fused-ring (bicyclic) bond motifs is 2. The van der Waals surface area contributed by atoms with Gasteiger partial charge in [0.15, 0.2) is 17.3 Å². The zero-order valence-corrected chi connectivity index (χ0v) is 28.1. The third kappa shape index (κ3) is 6.41. The first-order valence-electron chi connectivity index (χ1n) is 16.5. The molecule has 0 spiro atoms. The average Bonchev–Trinajstić information content (AvgIpc) is 3.82. The van der Waals surface area contributed by atoms with Crippen LogP contribution in [0.5, 0.6) is 5.75 Å². The Morgan fingerprint density at radius 2 is 1.56 bits per heavy atom. The molecule has 0 saturated carbocycles. The van der Waals surface area contributed by atoms with Crippen molar-refractivity contribution < 1.29 is 29.0 Å². The molecule has 4 aromatic carbocycles. The summed E-state index contributed by atoms with van der Waals surface area (Å²) in [6.45, 7) is 0.463. The Hall–Kier alpha value is -5.64. The number of esters is 1. The summed E-state index contributed by atoms with van der Waals surface area (Å²) in [6, 6.07) is 28.7. The molecule has 6 aromatic rings. The van der Waals surface area contributed by atoms with Gasteiger partial charge in [0.05, 0.1) is 13.5 Å². The van der Waals surface area contributed by atoms with Crippen molar-refractivity contribution in [3.63, 3.8) is 0 Å². The van der Waals surface area contributed by atoms with Gasteiger partial charge >= 0.3 is 5.97 Å². The predicted octanol–water partition coefficient (Wildman–Crippen LogP) is 7.58. The van der Waals surface area contributed by atoms with Crippen molar-refractivity contribution in [3.8, 4) is 27.4 Å². The third-order valence-electron chi connectivity index (χ3n) is 9.17. The molecule has 0 radical (unpaired) electrons. The van der Waals surface area contributed by atoms with E-state index in [2.05, 4.69) is 16.4 Å². The van der Waals surface area contributed by atoms with Gasteiger partial charge in [-0.15, -0.1) is 11.3 Å². The zero-order chi connectivity index (χ0) is 34.8. The van der Waals surface area contributed by atoms with E-state index in [1.165, 1.54) is 18.4 Å². The van der Waals surface area contributed by atoms with Crippen molar-refractivity contribution in [2.24, 2.45) is 0 Å². The molecule has 3 N–H and O–H groups in total. The number of aromatic hydroxyl groups is 1. The van der Waals surface area contributed by atoms with Crippen molar-refractivity contribution in [2.75, 3.05) is 13.7 Å². The van der Waals surface area contributed by atoms with Gasteiger partial charge in [0.1, 0.15) is 11.8 Å². The Kier molecular flexibility index (Phi) is 9.25. The lowest BCUT2D eigenvalue weighted by Gasteiger charge is -2.13. The maximum atomic E-state index is 14.5. The number of benzene rings is 4. The molecule has 250 valence electrons. The van der Waals surface area contributed by atoms with Gasteiger partial charge < -0.3 is 20.1 Å². The summed E-state index contributed by atoms with van der Waals surface area (Å²) < 4.78 is 5.00. The van der Waals surface area contributed by atoms with Gasteiger partial charge in [0.25, 0.3) is 0 Å². The number of unbranched alkanes of at least 4 members (excludes halogenated alkanes) is 1. The molecule has 2 aromatic heterocycles. The topological polar surface area (TPSA) is 126 Å². The maximum absolute atomic E-state index is 14.5. The lowest BCUT2D eigenvalue weighted by Crippen LogP contribution is -2.39. The number of aromatic nitrogens is 1. The number of ketones is 3. The molecule has 0 aliphatic heterocycles. The number of phenolic OH excluding ortho intramolecular Hbond substituents is 1. The average molecular weight is 683 g/mol. The number of thiophene rings is 1. The minimum Gasteiger partial charge on any atom is -0.508 e. The van der Waals surface area contributed by atoms with Gasteiger partial charge in [0, 0.05) is 49.1 Å². The highest BCUT2D eigenvalue weighted by Gasteiger charge is 2.37. The fourth-order valence-electron chi connectivity index (χ4n) is 6.63. The lowest BCUT2D eigenvalue weighted by molar-refractivity contribution is -0.139. The third-order valence-corrected chi connectivity index (χ3v) is 10.2. The van der Waals surface area contributed by atoms with E-state index in [4.69, 9.17) is 4.74 Å². The second-order valence-corrected chi connectivity index (χ2v) is 13.2. The fourth-order valence-corrected chi connectivity index (χ4v) is 7.71. The SMILES string of the molecule is COC(=O)Cc1c(C(=O)c2cc3[nH]c(-c4ccccc4)cc3cc2CCCCNC2C(=O)c3ccccc3C2=O)csc1-c1cccc(O)c1. The van der Waals surface area contributed by atoms with Crippen molar-refractivity contribution in [1.82, 2.24) is 10.3 Å². The molecule has 1 aliphatic rings. The number of rotatable bonds is 12. The minimum absolute atomic E-state index is 0.0854. The molecule has 0 saturated heterocycles. The Balaban J connectivity index is 1.18. The zero-order valence-electron chi connectivity index (χ0n) is 27.3.